The van der Waals surface area contributed by atoms with E-state index in [-0.39, 0.29) is 5.84 Å². The van der Waals surface area contributed by atoms with Crippen LogP contribution in [0.15, 0.2) is 59.5 Å². The number of nitrogen functional groups attached to an aromatic ring is 1. The molecule has 0 aliphatic heterocycles. The van der Waals surface area contributed by atoms with Crippen LogP contribution in [0.25, 0.3) is 5.70 Å². The number of hydrogen-bond acceptors (Lipinski definition) is 5. The summed E-state index contributed by atoms with van der Waals surface area (Å²) in [5.74, 6) is -0.0583. The Bertz CT molecular complexity index is 615. The molecule has 0 amide bonds. The molecule has 0 aromatic carbocycles. The largest absolute Gasteiger partial charge is 0.397 e. The molecule has 0 bridgehead atoms. The molecule has 2 rings (SSSR count). The molecule has 0 saturated heterocycles. The van der Waals surface area contributed by atoms with Gasteiger partial charge in [-0.2, -0.15) is 0 Å². The highest BCUT2D eigenvalue weighted by atomic mass is 15.1. The maximum atomic E-state index is 7.73. The van der Waals surface area contributed by atoms with Crippen molar-refractivity contribution in [2.24, 2.45) is 10.2 Å². The van der Waals surface area contributed by atoms with Gasteiger partial charge in [0.2, 0.25) is 0 Å². The van der Waals surface area contributed by atoms with Crippen molar-refractivity contribution in [1.29, 1.82) is 5.41 Å². The van der Waals surface area contributed by atoms with Crippen molar-refractivity contribution >= 4 is 17.2 Å². The highest BCUT2D eigenvalue weighted by molar-refractivity contribution is 5.95. The van der Waals surface area contributed by atoms with Crippen LogP contribution >= 0.6 is 0 Å². The van der Waals surface area contributed by atoms with Gasteiger partial charge in [0.1, 0.15) is 11.4 Å². The van der Waals surface area contributed by atoms with E-state index in [1.165, 1.54) is 6.20 Å². The van der Waals surface area contributed by atoms with Gasteiger partial charge < -0.3 is 5.73 Å². The lowest BCUT2D eigenvalue weighted by Gasteiger charge is -1.98. The van der Waals surface area contributed by atoms with Gasteiger partial charge in [0, 0.05) is 6.20 Å². The summed E-state index contributed by atoms with van der Waals surface area (Å²) in [7, 11) is 0. The third kappa shape index (κ3) is 3.29. The highest BCUT2D eigenvalue weighted by Gasteiger charge is 2.02. The minimum absolute atomic E-state index is 0.0583. The van der Waals surface area contributed by atoms with E-state index >= 15 is 0 Å². The lowest BCUT2D eigenvalue weighted by molar-refractivity contribution is 1.17. The van der Waals surface area contributed by atoms with E-state index in [2.05, 4.69) is 26.8 Å². The molecule has 0 aliphatic rings. The molecule has 0 aliphatic carbocycles. The zero-order valence-corrected chi connectivity index (χ0v) is 10.1. The Morgan fingerprint density at radius 1 is 1.11 bits per heavy atom. The van der Waals surface area contributed by atoms with Crippen LogP contribution in [-0.4, -0.2) is 15.8 Å². The van der Waals surface area contributed by atoms with Gasteiger partial charge in [0.25, 0.3) is 0 Å². The maximum absolute atomic E-state index is 7.73. The lowest BCUT2D eigenvalue weighted by atomic mass is 10.3. The Hall–Kier alpha value is -2.89. The van der Waals surface area contributed by atoms with Crippen molar-refractivity contribution in [3.63, 3.8) is 0 Å². The molecule has 0 atom stereocenters. The molecule has 6 heteroatoms. The molecule has 0 spiro atoms. The molecule has 2 aromatic rings. The SMILES string of the molecule is C=C(N=NC(=N)c1ccc(N)cn1)c1ccccn1. The zero-order valence-electron chi connectivity index (χ0n) is 10.1. The lowest BCUT2D eigenvalue weighted by Crippen LogP contribution is -1.98. The van der Waals surface area contributed by atoms with Gasteiger partial charge in [-0.15, -0.1) is 10.2 Å². The third-order valence-corrected chi connectivity index (χ3v) is 2.26. The normalized spacial score (nSPS) is 10.5. The van der Waals surface area contributed by atoms with Crippen LogP contribution in [0.4, 0.5) is 5.69 Å². The molecular formula is C13H12N6. The summed E-state index contributed by atoms with van der Waals surface area (Å²) in [5.41, 5.74) is 7.45. The number of nitrogens with zero attached hydrogens (tertiary/aromatic N) is 4. The molecule has 3 N–H and O–H groups in total. The number of nitrogens with two attached hydrogens (primary N) is 1. The van der Waals surface area contributed by atoms with Gasteiger partial charge >= 0.3 is 0 Å². The standard InChI is InChI=1S/C13H12N6/c1-9(11-4-2-3-7-16-11)18-19-13(15)12-6-5-10(14)8-17-12/h2-8,15H,1,14H2. The molecule has 94 valence electrons. The van der Waals surface area contributed by atoms with Gasteiger partial charge in [0.05, 0.1) is 17.6 Å². The molecule has 0 radical (unpaired) electrons. The van der Waals surface area contributed by atoms with Gasteiger partial charge in [-0.1, -0.05) is 12.6 Å². The summed E-state index contributed by atoms with van der Waals surface area (Å²) in [6, 6.07) is 8.66. The van der Waals surface area contributed by atoms with Crippen LogP contribution in [0.3, 0.4) is 0 Å². The number of hydrogen-bond donors (Lipinski definition) is 2. The number of anilines is 1. The van der Waals surface area contributed by atoms with E-state index in [0.29, 0.717) is 22.8 Å². The number of azo groups is 1. The van der Waals surface area contributed by atoms with Crippen LogP contribution in [0.5, 0.6) is 0 Å². The van der Waals surface area contributed by atoms with Gasteiger partial charge in [-0.25, -0.2) is 0 Å². The average Bonchev–Trinajstić information content (AvgIpc) is 2.46. The number of amidine groups is 1. The van der Waals surface area contributed by atoms with Crippen molar-refractivity contribution in [1.82, 2.24) is 9.97 Å². The second-order valence-corrected chi connectivity index (χ2v) is 3.69. The van der Waals surface area contributed by atoms with Crippen LogP contribution in [0, 0.1) is 5.41 Å². The summed E-state index contributed by atoms with van der Waals surface area (Å²) < 4.78 is 0. The summed E-state index contributed by atoms with van der Waals surface area (Å²) in [6.07, 6.45) is 3.11. The first-order valence-electron chi connectivity index (χ1n) is 5.49. The van der Waals surface area contributed by atoms with Crippen molar-refractivity contribution in [3.05, 3.63) is 60.7 Å². The zero-order chi connectivity index (χ0) is 13.7. The minimum atomic E-state index is -0.0583. The smallest absolute Gasteiger partial charge is 0.193 e. The fourth-order valence-electron chi connectivity index (χ4n) is 1.29. The maximum Gasteiger partial charge on any atom is 0.193 e. The fraction of sp³-hybridized carbons (Fsp3) is 0. The van der Waals surface area contributed by atoms with E-state index < -0.39 is 0 Å². The first kappa shape index (κ1) is 12.6. The molecule has 6 nitrogen and oxygen atoms in total. The monoisotopic (exact) mass is 252 g/mol. The predicted molar refractivity (Wildman–Crippen MR) is 73.6 cm³/mol. The third-order valence-electron chi connectivity index (χ3n) is 2.26. The number of pyridine rings is 2. The first-order valence-corrected chi connectivity index (χ1v) is 5.49. The Morgan fingerprint density at radius 2 is 1.95 bits per heavy atom. The van der Waals surface area contributed by atoms with Gasteiger partial charge in [0.15, 0.2) is 5.84 Å². The summed E-state index contributed by atoms with van der Waals surface area (Å²) in [4.78, 5) is 8.07. The van der Waals surface area contributed by atoms with Crippen LogP contribution in [0.2, 0.25) is 0 Å². The second kappa shape index (κ2) is 5.63. The van der Waals surface area contributed by atoms with Gasteiger partial charge in [-0.05, 0) is 24.3 Å². The van der Waals surface area contributed by atoms with E-state index in [4.69, 9.17) is 11.1 Å². The quantitative estimate of drug-likeness (QED) is 0.498. The topological polar surface area (TPSA) is 100 Å². The fourth-order valence-corrected chi connectivity index (χ4v) is 1.29. The first-order chi connectivity index (χ1) is 9.16. The van der Waals surface area contributed by atoms with Crippen molar-refractivity contribution in [3.8, 4) is 0 Å². The Labute approximate surface area is 110 Å². The summed E-state index contributed by atoms with van der Waals surface area (Å²) in [5, 5.41) is 15.4. The second-order valence-electron chi connectivity index (χ2n) is 3.69. The van der Waals surface area contributed by atoms with Crippen molar-refractivity contribution in [2.45, 2.75) is 0 Å². The van der Waals surface area contributed by atoms with Crippen LogP contribution < -0.4 is 5.73 Å². The van der Waals surface area contributed by atoms with E-state index in [0.717, 1.165) is 0 Å². The summed E-state index contributed by atoms with van der Waals surface area (Å²) in [6.45, 7) is 3.74. The summed E-state index contributed by atoms with van der Waals surface area (Å²) >= 11 is 0. The molecule has 19 heavy (non-hydrogen) atoms. The number of nitrogens with one attached hydrogen (secondary N) is 1. The predicted octanol–water partition coefficient (Wildman–Crippen LogP) is 2.51. The van der Waals surface area contributed by atoms with E-state index in [1.54, 1.807) is 30.5 Å². The number of aromatic nitrogens is 2. The Kier molecular flexibility index (Phi) is 3.72. The minimum Gasteiger partial charge on any atom is -0.397 e. The van der Waals surface area contributed by atoms with E-state index in [1.807, 2.05) is 6.07 Å². The molecule has 2 heterocycles. The Balaban J connectivity index is 2.09. The number of rotatable bonds is 3. The molecular weight excluding hydrogens is 240 g/mol. The average molecular weight is 252 g/mol. The van der Waals surface area contributed by atoms with Crippen LogP contribution in [-0.2, 0) is 0 Å². The van der Waals surface area contributed by atoms with Gasteiger partial charge in [-0.3, -0.25) is 15.4 Å². The van der Waals surface area contributed by atoms with Crippen LogP contribution in [0.1, 0.15) is 11.4 Å². The van der Waals surface area contributed by atoms with Crippen molar-refractivity contribution < 1.29 is 0 Å². The molecule has 0 saturated carbocycles. The molecule has 0 unspecified atom stereocenters. The van der Waals surface area contributed by atoms with Crippen molar-refractivity contribution in [2.75, 3.05) is 5.73 Å². The highest BCUT2D eigenvalue weighted by Crippen LogP contribution is 2.11. The molecule has 2 aromatic heterocycles. The van der Waals surface area contributed by atoms with E-state index in [9.17, 15) is 0 Å². The Morgan fingerprint density at radius 3 is 2.58 bits per heavy atom. The molecule has 0 fully saturated rings.